The maximum Gasteiger partial charge on any atom is 0.311 e. The van der Waals surface area contributed by atoms with E-state index in [0.717, 1.165) is 0 Å². The molecule has 1 aliphatic carbocycles. The van der Waals surface area contributed by atoms with Gasteiger partial charge >= 0.3 is 6.08 Å². The van der Waals surface area contributed by atoms with E-state index in [4.69, 9.17) is 27.9 Å². The second kappa shape index (κ2) is 5.11. The number of anilines is 1. The maximum atomic E-state index is 14.1. The van der Waals surface area contributed by atoms with Gasteiger partial charge in [0.1, 0.15) is 11.3 Å². The summed E-state index contributed by atoms with van der Waals surface area (Å²) in [5.41, 5.74) is -0.184. The summed E-state index contributed by atoms with van der Waals surface area (Å²) in [5, 5.41) is -0.145. The molecule has 0 amide bonds. The number of rotatable bonds is 1. The normalized spacial score (nSPS) is 27.6. The summed E-state index contributed by atoms with van der Waals surface area (Å²) in [5.74, 6) is -0.431. The third-order valence-electron chi connectivity index (χ3n) is 4.05. The highest BCUT2D eigenvalue weighted by molar-refractivity contribution is 6.30. The molecule has 0 unspecified atom stereocenters. The topological polar surface area (TPSA) is 51.1 Å². The average Bonchev–Trinajstić information content (AvgIpc) is 3.18. The summed E-state index contributed by atoms with van der Waals surface area (Å²) in [7, 11) is 0. The Morgan fingerprint density at radius 1 is 1.32 bits per heavy atom. The first-order valence-electron chi connectivity index (χ1n) is 6.73. The van der Waals surface area contributed by atoms with Gasteiger partial charge in [-0.2, -0.15) is 14.4 Å². The highest BCUT2D eigenvalue weighted by Gasteiger charge is 2.54. The maximum absolute atomic E-state index is 14.1. The zero-order valence-corrected chi connectivity index (χ0v) is 12.7. The predicted molar refractivity (Wildman–Crippen MR) is 77.3 cm³/mol. The van der Waals surface area contributed by atoms with Crippen LogP contribution in [-0.2, 0) is 4.74 Å². The summed E-state index contributed by atoms with van der Waals surface area (Å²) in [6.45, 7) is 1.51. The van der Waals surface area contributed by atoms with E-state index < -0.39 is 11.9 Å². The Hall–Kier alpha value is -1.31. The van der Waals surface area contributed by atoms with Crippen molar-refractivity contribution in [2.75, 3.05) is 24.7 Å². The van der Waals surface area contributed by atoms with Crippen molar-refractivity contribution in [1.82, 2.24) is 15.0 Å². The molecule has 3 atom stereocenters. The Balaban J connectivity index is 1.89. The molecule has 0 radical (unpaired) electrons. The molecule has 1 aliphatic heterocycles. The van der Waals surface area contributed by atoms with Crippen molar-refractivity contribution in [1.29, 1.82) is 0 Å². The van der Waals surface area contributed by atoms with Crippen LogP contribution in [0.3, 0.4) is 0 Å². The molecule has 0 bridgehead atoms. The van der Waals surface area contributed by atoms with Crippen LogP contribution < -0.4 is 4.90 Å². The molecule has 9 heteroatoms. The van der Waals surface area contributed by atoms with E-state index in [9.17, 15) is 8.78 Å². The number of hydrogen-bond donors (Lipinski definition) is 0. The standard InChI is InChI=1S/C13H10Cl2F2N4O/c14-7-6-4-22-2-1-21(10(6)7)12-5-3-18-11(15)8(16)9(5)19-13(17)20-12/h3,6-7,10H,1-2,4H2/t6-,7-,10-/m0/s1. The molecule has 2 aromatic rings. The van der Waals surface area contributed by atoms with E-state index in [1.54, 1.807) is 0 Å². The smallest absolute Gasteiger partial charge is 0.311 e. The first-order valence-corrected chi connectivity index (χ1v) is 7.55. The Labute approximate surface area is 134 Å². The molecule has 0 spiro atoms. The number of ether oxygens (including phenoxy) is 1. The van der Waals surface area contributed by atoms with Gasteiger partial charge in [0, 0.05) is 18.7 Å². The van der Waals surface area contributed by atoms with E-state index in [0.29, 0.717) is 25.1 Å². The number of fused-ring (bicyclic) bond motifs is 2. The van der Waals surface area contributed by atoms with Gasteiger partial charge in [-0.25, -0.2) is 9.37 Å². The SMILES string of the molecule is Fc1nc(N2CCOC[C@H]3[C@H](Cl)[C@H]32)c2cnc(Cl)c(F)c2n1. The van der Waals surface area contributed by atoms with Crippen molar-refractivity contribution in [3.8, 4) is 0 Å². The molecule has 1 saturated carbocycles. The number of halogens is 4. The van der Waals surface area contributed by atoms with E-state index in [2.05, 4.69) is 15.0 Å². The lowest BCUT2D eigenvalue weighted by atomic mass is 10.2. The van der Waals surface area contributed by atoms with E-state index >= 15 is 0 Å². The van der Waals surface area contributed by atoms with Gasteiger partial charge in [-0.1, -0.05) is 11.6 Å². The molecule has 5 nitrogen and oxygen atoms in total. The van der Waals surface area contributed by atoms with Crippen molar-refractivity contribution in [3.63, 3.8) is 0 Å². The van der Waals surface area contributed by atoms with Gasteiger partial charge in [-0.05, 0) is 0 Å². The third-order valence-corrected chi connectivity index (χ3v) is 4.89. The molecular formula is C13H10Cl2F2N4O. The molecule has 0 N–H and O–H groups in total. The second-order valence-electron chi connectivity index (χ2n) is 5.31. The minimum absolute atomic E-state index is 0.0135. The van der Waals surface area contributed by atoms with Crippen LogP contribution in [0.2, 0.25) is 5.15 Å². The summed E-state index contributed by atoms with van der Waals surface area (Å²) in [4.78, 5) is 13.0. The zero-order chi connectivity index (χ0) is 15.4. The highest BCUT2D eigenvalue weighted by Crippen LogP contribution is 2.45. The fraction of sp³-hybridized carbons (Fsp3) is 0.462. The van der Waals surface area contributed by atoms with Crippen LogP contribution >= 0.6 is 23.2 Å². The van der Waals surface area contributed by atoms with E-state index in [1.165, 1.54) is 6.20 Å². The Kier molecular flexibility index (Phi) is 3.32. The quantitative estimate of drug-likeness (QED) is 0.451. The lowest BCUT2D eigenvalue weighted by molar-refractivity contribution is 0.139. The molecule has 4 rings (SSSR count). The summed E-state index contributed by atoms with van der Waals surface area (Å²) < 4.78 is 33.3. The lowest BCUT2D eigenvalue weighted by Gasteiger charge is -2.23. The van der Waals surface area contributed by atoms with E-state index in [1.807, 2.05) is 4.90 Å². The number of hydrogen-bond acceptors (Lipinski definition) is 5. The molecule has 22 heavy (non-hydrogen) atoms. The molecule has 2 fully saturated rings. The number of nitrogens with zero attached hydrogens (tertiary/aromatic N) is 4. The van der Waals surface area contributed by atoms with Crippen molar-refractivity contribution < 1.29 is 13.5 Å². The first-order chi connectivity index (χ1) is 10.6. The van der Waals surface area contributed by atoms with Crippen molar-refractivity contribution in [3.05, 3.63) is 23.2 Å². The Bertz CT molecular complexity index is 762. The summed E-state index contributed by atoms with van der Waals surface area (Å²) in [6, 6.07) is -0.0135. The van der Waals surface area contributed by atoms with Gasteiger partial charge in [-0.15, -0.1) is 11.6 Å². The molecule has 116 valence electrons. The lowest BCUT2D eigenvalue weighted by Crippen LogP contribution is -2.31. The molecule has 2 aromatic heterocycles. The van der Waals surface area contributed by atoms with Crippen LogP contribution in [0, 0.1) is 17.8 Å². The molecule has 1 saturated heterocycles. The predicted octanol–water partition coefficient (Wildman–Crippen LogP) is 2.40. The number of pyridine rings is 1. The van der Waals surface area contributed by atoms with Gasteiger partial charge < -0.3 is 9.64 Å². The van der Waals surface area contributed by atoms with Crippen molar-refractivity contribution in [2.24, 2.45) is 5.92 Å². The van der Waals surface area contributed by atoms with Gasteiger partial charge in [0.2, 0.25) is 0 Å². The van der Waals surface area contributed by atoms with Gasteiger partial charge in [-0.3, -0.25) is 0 Å². The van der Waals surface area contributed by atoms with Crippen LogP contribution in [0.4, 0.5) is 14.6 Å². The minimum Gasteiger partial charge on any atom is -0.379 e. The molecule has 0 aromatic carbocycles. The van der Waals surface area contributed by atoms with Crippen LogP contribution in [0.25, 0.3) is 10.9 Å². The Morgan fingerprint density at radius 2 is 2.14 bits per heavy atom. The van der Waals surface area contributed by atoms with Gasteiger partial charge in [0.15, 0.2) is 11.0 Å². The minimum atomic E-state index is -1.02. The average molecular weight is 347 g/mol. The zero-order valence-electron chi connectivity index (χ0n) is 11.1. The third kappa shape index (κ3) is 2.11. The summed E-state index contributed by atoms with van der Waals surface area (Å²) >= 11 is 11.9. The van der Waals surface area contributed by atoms with Crippen molar-refractivity contribution in [2.45, 2.75) is 11.4 Å². The largest absolute Gasteiger partial charge is 0.379 e. The van der Waals surface area contributed by atoms with Crippen LogP contribution in [0.1, 0.15) is 0 Å². The fourth-order valence-corrected chi connectivity index (χ4v) is 3.50. The van der Waals surface area contributed by atoms with Crippen LogP contribution in [-0.4, -0.2) is 46.1 Å². The first kappa shape index (κ1) is 14.3. The van der Waals surface area contributed by atoms with Crippen molar-refractivity contribution >= 4 is 39.9 Å². The second-order valence-corrected chi connectivity index (χ2v) is 6.17. The highest BCUT2D eigenvalue weighted by atomic mass is 35.5. The Morgan fingerprint density at radius 3 is 2.95 bits per heavy atom. The molecule has 3 heterocycles. The van der Waals surface area contributed by atoms with Gasteiger partial charge in [0.25, 0.3) is 0 Å². The van der Waals surface area contributed by atoms with Gasteiger partial charge in [0.05, 0.1) is 30.0 Å². The number of alkyl halides is 1. The summed E-state index contributed by atoms with van der Waals surface area (Å²) in [6.07, 6.45) is 0.333. The molecular weight excluding hydrogens is 337 g/mol. The fourth-order valence-electron chi connectivity index (χ4n) is 2.90. The van der Waals surface area contributed by atoms with Crippen LogP contribution in [0.15, 0.2) is 6.20 Å². The molecule has 2 aliphatic rings. The number of aromatic nitrogens is 3. The monoisotopic (exact) mass is 346 g/mol. The van der Waals surface area contributed by atoms with Crippen LogP contribution in [0.5, 0.6) is 0 Å². The van der Waals surface area contributed by atoms with E-state index in [-0.39, 0.29) is 33.8 Å².